The van der Waals surface area contributed by atoms with Gasteiger partial charge in [0.15, 0.2) is 5.96 Å². The van der Waals surface area contributed by atoms with E-state index in [1.807, 2.05) is 16.7 Å². The van der Waals surface area contributed by atoms with Gasteiger partial charge >= 0.3 is 0 Å². The van der Waals surface area contributed by atoms with Gasteiger partial charge < -0.3 is 15.5 Å². The number of nitrogens with one attached hydrogen (secondary N) is 2. The largest absolute Gasteiger partial charge is 0.353 e. The SMILES string of the molecule is CN=C(NCC(=O)N1CCC(Cc2ccccc2)CC1)NC1CCCSC1.I. The van der Waals surface area contributed by atoms with E-state index < -0.39 is 0 Å². The number of halogens is 1. The van der Waals surface area contributed by atoms with Crippen molar-refractivity contribution in [3.63, 3.8) is 0 Å². The van der Waals surface area contributed by atoms with E-state index >= 15 is 0 Å². The van der Waals surface area contributed by atoms with Gasteiger partial charge in [-0.25, -0.2) is 0 Å². The van der Waals surface area contributed by atoms with Crippen LogP contribution in [0.4, 0.5) is 0 Å². The summed E-state index contributed by atoms with van der Waals surface area (Å²) in [5, 5.41) is 6.65. The first kappa shape index (κ1) is 23.3. The number of benzene rings is 1. The number of hydrogen-bond acceptors (Lipinski definition) is 3. The first-order chi connectivity index (χ1) is 13.2. The smallest absolute Gasteiger partial charge is 0.241 e. The molecule has 5 nitrogen and oxygen atoms in total. The van der Waals surface area contributed by atoms with Crippen molar-refractivity contribution in [1.82, 2.24) is 15.5 Å². The zero-order valence-electron chi connectivity index (χ0n) is 16.7. The van der Waals surface area contributed by atoms with Gasteiger partial charge in [0.2, 0.25) is 5.91 Å². The van der Waals surface area contributed by atoms with Crippen LogP contribution in [0.3, 0.4) is 0 Å². The van der Waals surface area contributed by atoms with Crippen LogP contribution in [0.5, 0.6) is 0 Å². The van der Waals surface area contributed by atoms with Gasteiger partial charge in [0.25, 0.3) is 0 Å². The molecule has 2 aliphatic rings. The second-order valence-corrected chi connectivity index (χ2v) is 8.65. The van der Waals surface area contributed by atoms with Crippen LogP contribution in [0.25, 0.3) is 0 Å². The predicted molar refractivity (Wildman–Crippen MR) is 130 cm³/mol. The van der Waals surface area contributed by atoms with Crippen molar-refractivity contribution in [1.29, 1.82) is 0 Å². The number of aliphatic imine (C=N–C) groups is 1. The van der Waals surface area contributed by atoms with Gasteiger partial charge in [-0.05, 0) is 49.3 Å². The van der Waals surface area contributed by atoms with Crippen LogP contribution in [-0.4, -0.2) is 61.0 Å². The molecule has 1 aromatic carbocycles. The molecular formula is C21H33IN4OS. The molecule has 1 unspecified atom stereocenters. The maximum absolute atomic E-state index is 12.6. The minimum atomic E-state index is 0. The fourth-order valence-corrected chi connectivity index (χ4v) is 4.92. The molecule has 0 spiro atoms. The van der Waals surface area contributed by atoms with Crippen LogP contribution in [0.1, 0.15) is 31.2 Å². The lowest BCUT2D eigenvalue weighted by molar-refractivity contribution is -0.131. The number of carbonyl (C=O) groups is 1. The molecule has 0 aromatic heterocycles. The zero-order valence-corrected chi connectivity index (χ0v) is 19.9. The van der Waals surface area contributed by atoms with E-state index in [1.165, 1.54) is 24.2 Å². The highest BCUT2D eigenvalue weighted by Gasteiger charge is 2.23. The summed E-state index contributed by atoms with van der Waals surface area (Å²) < 4.78 is 0. The molecule has 0 bridgehead atoms. The molecule has 1 atom stereocenters. The Kier molecular flexibility index (Phi) is 10.5. The van der Waals surface area contributed by atoms with E-state index in [0.29, 0.717) is 18.5 Å². The molecule has 0 aliphatic carbocycles. The molecule has 28 heavy (non-hydrogen) atoms. The fourth-order valence-electron chi connectivity index (χ4n) is 3.85. The summed E-state index contributed by atoms with van der Waals surface area (Å²) in [6.07, 6.45) is 5.73. The zero-order chi connectivity index (χ0) is 18.9. The number of carbonyl (C=O) groups excluding carboxylic acids is 1. The molecule has 2 heterocycles. The third-order valence-electron chi connectivity index (χ3n) is 5.47. The van der Waals surface area contributed by atoms with E-state index in [9.17, 15) is 4.79 Å². The number of hydrogen-bond donors (Lipinski definition) is 2. The van der Waals surface area contributed by atoms with Crippen LogP contribution in [0, 0.1) is 5.92 Å². The average Bonchev–Trinajstić information content (AvgIpc) is 2.73. The van der Waals surface area contributed by atoms with Crippen LogP contribution in [0.15, 0.2) is 35.3 Å². The van der Waals surface area contributed by atoms with Crippen molar-refractivity contribution < 1.29 is 4.79 Å². The van der Waals surface area contributed by atoms with Crippen LogP contribution < -0.4 is 10.6 Å². The molecule has 7 heteroatoms. The molecule has 3 rings (SSSR count). The minimum absolute atomic E-state index is 0. The Bertz CT molecular complexity index is 614. The number of thioether (sulfide) groups is 1. The van der Waals surface area contributed by atoms with Crippen molar-refractivity contribution in [2.24, 2.45) is 10.9 Å². The van der Waals surface area contributed by atoms with E-state index in [4.69, 9.17) is 0 Å². The molecule has 2 aliphatic heterocycles. The standard InChI is InChI=1S/C21H32N4OS.HI/c1-22-21(24-19-8-5-13-27-16-19)23-15-20(26)25-11-9-18(10-12-25)14-17-6-3-2-4-7-17;/h2-4,6-7,18-19H,5,8-16H2,1H3,(H2,22,23,24);1H. The number of nitrogens with zero attached hydrogens (tertiary/aromatic N) is 2. The Morgan fingerprint density at radius 3 is 2.61 bits per heavy atom. The van der Waals surface area contributed by atoms with E-state index in [-0.39, 0.29) is 29.9 Å². The summed E-state index contributed by atoms with van der Waals surface area (Å²) in [5.41, 5.74) is 1.40. The molecule has 0 saturated carbocycles. The van der Waals surface area contributed by atoms with Crippen LogP contribution >= 0.6 is 35.7 Å². The second kappa shape index (κ2) is 12.6. The highest BCUT2D eigenvalue weighted by Crippen LogP contribution is 2.21. The molecule has 1 aromatic rings. The molecule has 1 amide bonds. The maximum Gasteiger partial charge on any atom is 0.241 e. The van der Waals surface area contributed by atoms with Gasteiger partial charge in [0.05, 0.1) is 6.54 Å². The summed E-state index contributed by atoms with van der Waals surface area (Å²) in [6.45, 7) is 2.05. The minimum Gasteiger partial charge on any atom is -0.353 e. The predicted octanol–water partition coefficient (Wildman–Crippen LogP) is 3.15. The van der Waals surface area contributed by atoms with Crippen LogP contribution in [0.2, 0.25) is 0 Å². The Morgan fingerprint density at radius 1 is 1.21 bits per heavy atom. The van der Waals surface area contributed by atoms with Crippen molar-refractivity contribution in [3.8, 4) is 0 Å². The van der Waals surface area contributed by atoms with Gasteiger partial charge in [0, 0.05) is 31.9 Å². The Hall–Kier alpha value is -0.960. The fraction of sp³-hybridized carbons (Fsp3) is 0.619. The van der Waals surface area contributed by atoms with Crippen LogP contribution in [-0.2, 0) is 11.2 Å². The lowest BCUT2D eigenvalue weighted by Gasteiger charge is -2.32. The number of likely N-dealkylation sites (tertiary alicyclic amines) is 1. The summed E-state index contributed by atoms with van der Waals surface area (Å²) >= 11 is 1.98. The summed E-state index contributed by atoms with van der Waals surface area (Å²) in [4.78, 5) is 18.8. The number of amides is 1. The monoisotopic (exact) mass is 516 g/mol. The Labute approximate surface area is 190 Å². The van der Waals surface area contributed by atoms with Gasteiger partial charge in [0.1, 0.15) is 0 Å². The van der Waals surface area contributed by atoms with Gasteiger partial charge in [-0.3, -0.25) is 9.79 Å². The van der Waals surface area contributed by atoms with Crippen molar-refractivity contribution in [3.05, 3.63) is 35.9 Å². The lowest BCUT2D eigenvalue weighted by atomic mass is 9.90. The third kappa shape index (κ3) is 7.46. The van der Waals surface area contributed by atoms with Gasteiger partial charge in [-0.1, -0.05) is 30.3 Å². The quantitative estimate of drug-likeness (QED) is 0.359. The van der Waals surface area contributed by atoms with E-state index in [2.05, 4.69) is 46.0 Å². The molecular weight excluding hydrogens is 483 g/mol. The molecule has 2 fully saturated rings. The van der Waals surface area contributed by atoms with Crippen molar-refractivity contribution >= 4 is 47.6 Å². The van der Waals surface area contributed by atoms with Crippen molar-refractivity contribution in [2.45, 2.75) is 38.1 Å². The highest BCUT2D eigenvalue weighted by atomic mass is 127. The second-order valence-electron chi connectivity index (χ2n) is 7.50. The first-order valence-corrected chi connectivity index (χ1v) is 11.3. The third-order valence-corrected chi connectivity index (χ3v) is 6.68. The summed E-state index contributed by atoms with van der Waals surface area (Å²) in [6, 6.07) is 11.1. The summed E-state index contributed by atoms with van der Waals surface area (Å²) in [7, 11) is 1.77. The van der Waals surface area contributed by atoms with Gasteiger partial charge in [-0.2, -0.15) is 11.8 Å². The van der Waals surface area contributed by atoms with Crippen molar-refractivity contribution in [2.75, 3.05) is 38.2 Å². The first-order valence-electron chi connectivity index (χ1n) is 10.1. The molecule has 2 saturated heterocycles. The topological polar surface area (TPSA) is 56.7 Å². The Morgan fingerprint density at radius 2 is 1.96 bits per heavy atom. The van der Waals surface area contributed by atoms with E-state index in [1.54, 1.807) is 7.05 Å². The van der Waals surface area contributed by atoms with Gasteiger partial charge in [-0.15, -0.1) is 24.0 Å². The molecule has 2 N–H and O–H groups in total. The Balaban J connectivity index is 0.00000280. The number of piperidine rings is 1. The number of guanidine groups is 1. The molecule has 156 valence electrons. The maximum atomic E-state index is 12.6. The summed E-state index contributed by atoms with van der Waals surface area (Å²) in [5.74, 6) is 3.97. The molecule has 0 radical (unpaired) electrons. The highest BCUT2D eigenvalue weighted by molar-refractivity contribution is 14.0. The average molecular weight is 516 g/mol. The lowest BCUT2D eigenvalue weighted by Crippen LogP contribution is -2.49. The van der Waals surface area contributed by atoms with E-state index in [0.717, 1.165) is 44.1 Å². The number of rotatable bonds is 5. The normalized spacial score (nSPS) is 21.0.